The fourth-order valence-corrected chi connectivity index (χ4v) is 4.66. The SMILES string of the molecule is Cc1ccc(NC(=O)[C@H]2CCCN(c3nc4cccnc4n(Cc4ccccc4)c3=O)C2)cc1Cl. The monoisotopic (exact) mass is 487 g/mol. The van der Waals surface area contributed by atoms with Crippen LogP contribution in [0.4, 0.5) is 11.5 Å². The van der Waals surface area contributed by atoms with Crippen LogP contribution >= 0.6 is 11.6 Å². The molecule has 5 rings (SSSR count). The van der Waals surface area contributed by atoms with E-state index >= 15 is 0 Å². The highest BCUT2D eigenvalue weighted by Crippen LogP contribution is 2.24. The zero-order valence-electron chi connectivity index (χ0n) is 19.4. The molecule has 1 aliphatic heterocycles. The van der Waals surface area contributed by atoms with Crippen molar-refractivity contribution in [1.82, 2.24) is 14.5 Å². The van der Waals surface area contributed by atoms with Gasteiger partial charge in [0.05, 0.1) is 12.5 Å². The topological polar surface area (TPSA) is 80.1 Å². The fourth-order valence-electron chi connectivity index (χ4n) is 4.48. The molecule has 1 N–H and O–H groups in total. The van der Waals surface area contributed by atoms with Gasteiger partial charge in [0, 0.05) is 30.0 Å². The van der Waals surface area contributed by atoms with Gasteiger partial charge in [-0.3, -0.25) is 14.2 Å². The highest BCUT2D eigenvalue weighted by atomic mass is 35.5. The molecule has 7 nitrogen and oxygen atoms in total. The lowest BCUT2D eigenvalue weighted by Crippen LogP contribution is -2.44. The second-order valence-corrected chi connectivity index (χ2v) is 9.30. The van der Waals surface area contributed by atoms with Gasteiger partial charge in [-0.05, 0) is 55.2 Å². The van der Waals surface area contributed by atoms with Crippen molar-refractivity contribution in [2.24, 2.45) is 5.92 Å². The number of halogens is 1. The van der Waals surface area contributed by atoms with Gasteiger partial charge < -0.3 is 10.2 Å². The molecule has 1 fully saturated rings. The molecule has 2 aromatic carbocycles. The first-order valence-electron chi connectivity index (χ1n) is 11.7. The van der Waals surface area contributed by atoms with Crippen LogP contribution in [0.1, 0.15) is 24.0 Å². The van der Waals surface area contributed by atoms with Crippen molar-refractivity contribution in [2.45, 2.75) is 26.3 Å². The molecule has 3 heterocycles. The minimum atomic E-state index is -0.266. The molecule has 0 saturated carbocycles. The number of piperidine rings is 1. The lowest BCUT2D eigenvalue weighted by Gasteiger charge is -2.32. The van der Waals surface area contributed by atoms with Gasteiger partial charge in [0.2, 0.25) is 5.91 Å². The molecule has 4 aromatic rings. The van der Waals surface area contributed by atoms with E-state index in [2.05, 4.69) is 15.3 Å². The Morgan fingerprint density at radius 3 is 2.77 bits per heavy atom. The van der Waals surface area contributed by atoms with Gasteiger partial charge in [-0.2, -0.15) is 0 Å². The third-order valence-corrected chi connectivity index (χ3v) is 6.81. The van der Waals surface area contributed by atoms with Crippen molar-refractivity contribution >= 4 is 40.2 Å². The van der Waals surface area contributed by atoms with Gasteiger partial charge in [-0.1, -0.05) is 48.0 Å². The van der Waals surface area contributed by atoms with Crippen LogP contribution in [0.15, 0.2) is 71.7 Å². The van der Waals surface area contributed by atoms with Crippen molar-refractivity contribution in [1.29, 1.82) is 0 Å². The summed E-state index contributed by atoms with van der Waals surface area (Å²) in [5.74, 6) is 0.0104. The molecule has 178 valence electrons. The Morgan fingerprint density at radius 1 is 1.14 bits per heavy atom. The van der Waals surface area contributed by atoms with E-state index in [-0.39, 0.29) is 17.4 Å². The van der Waals surface area contributed by atoms with Crippen molar-refractivity contribution in [3.63, 3.8) is 0 Å². The van der Waals surface area contributed by atoms with E-state index in [0.29, 0.717) is 47.3 Å². The molecule has 2 aromatic heterocycles. The van der Waals surface area contributed by atoms with Crippen LogP contribution in [0.2, 0.25) is 5.02 Å². The summed E-state index contributed by atoms with van der Waals surface area (Å²) in [4.78, 5) is 37.7. The van der Waals surface area contributed by atoms with Crippen LogP contribution in [0.3, 0.4) is 0 Å². The number of amides is 1. The quantitative estimate of drug-likeness (QED) is 0.443. The number of hydrogen-bond donors (Lipinski definition) is 1. The number of benzene rings is 2. The molecule has 1 atom stereocenters. The average molecular weight is 488 g/mol. The molecule has 0 aliphatic carbocycles. The van der Waals surface area contributed by atoms with E-state index in [9.17, 15) is 9.59 Å². The lowest BCUT2D eigenvalue weighted by molar-refractivity contribution is -0.120. The van der Waals surface area contributed by atoms with Crippen molar-refractivity contribution in [2.75, 3.05) is 23.3 Å². The van der Waals surface area contributed by atoms with Gasteiger partial charge in [0.25, 0.3) is 5.56 Å². The van der Waals surface area contributed by atoms with Crippen molar-refractivity contribution in [3.05, 3.63) is 93.4 Å². The lowest BCUT2D eigenvalue weighted by atomic mass is 9.97. The summed E-state index contributed by atoms with van der Waals surface area (Å²) in [6, 6.07) is 19.0. The number of hydrogen-bond acceptors (Lipinski definition) is 5. The number of pyridine rings is 1. The zero-order valence-corrected chi connectivity index (χ0v) is 20.2. The molecule has 0 bridgehead atoms. The van der Waals surface area contributed by atoms with Gasteiger partial charge in [-0.15, -0.1) is 0 Å². The maximum absolute atomic E-state index is 13.6. The summed E-state index contributed by atoms with van der Waals surface area (Å²) in [5.41, 5.74) is 3.63. The molecular formula is C27H26ClN5O2. The Bertz CT molecular complexity index is 1440. The Labute approximate surface area is 208 Å². The Kier molecular flexibility index (Phi) is 6.51. The first-order valence-corrected chi connectivity index (χ1v) is 12.1. The standard InChI is InChI=1S/C27H26ClN5O2/c1-18-11-12-21(15-22(18)28)30-26(34)20-9-6-14-32(17-20)25-27(35)33(16-19-7-3-2-4-8-19)24-23(31-25)10-5-13-29-24/h2-5,7-8,10-13,15,20H,6,9,14,16-17H2,1H3,(H,30,34)/t20-/m0/s1. The number of carbonyl (C=O) groups is 1. The Morgan fingerprint density at radius 2 is 1.97 bits per heavy atom. The highest BCUT2D eigenvalue weighted by Gasteiger charge is 2.29. The molecule has 8 heteroatoms. The average Bonchev–Trinajstić information content (AvgIpc) is 2.88. The second-order valence-electron chi connectivity index (χ2n) is 8.90. The van der Waals surface area contributed by atoms with Crippen molar-refractivity contribution < 1.29 is 4.79 Å². The maximum Gasteiger partial charge on any atom is 0.295 e. The smallest absolute Gasteiger partial charge is 0.295 e. The molecule has 1 amide bonds. The summed E-state index contributed by atoms with van der Waals surface area (Å²) in [7, 11) is 0. The predicted octanol–water partition coefficient (Wildman–Crippen LogP) is 4.66. The van der Waals surface area contributed by atoms with Crippen LogP contribution in [0.25, 0.3) is 11.2 Å². The van der Waals surface area contributed by atoms with Crippen LogP contribution in [-0.2, 0) is 11.3 Å². The van der Waals surface area contributed by atoms with E-state index in [4.69, 9.17) is 11.6 Å². The van der Waals surface area contributed by atoms with E-state index in [0.717, 1.165) is 24.0 Å². The summed E-state index contributed by atoms with van der Waals surface area (Å²) in [6.07, 6.45) is 3.20. The molecule has 0 unspecified atom stereocenters. The Hall–Kier alpha value is -3.71. The third-order valence-electron chi connectivity index (χ3n) is 6.40. The van der Waals surface area contributed by atoms with Gasteiger partial charge >= 0.3 is 0 Å². The number of carbonyl (C=O) groups excluding carboxylic acids is 1. The summed E-state index contributed by atoms with van der Waals surface area (Å²) < 4.78 is 1.67. The largest absolute Gasteiger partial charge is 0.351 e. The number of aryl methyl sites for hydroxylation is 1. The molecule has 1 aliphatic rings. The van der Waals surface area contributed by atoms with E-state index in [1.165, 1.54) is 0 Å². The summed E-state index contributed by atoms with van der Waals surface area (Å²) >= 11 is 6.21. The van der Waals surface area contributed by atoms with Crippen LogP contribution in [-0.4, -0.2) is 33.5 Å². The molecule has 35 heavy (non-hydrogen) atoms. The normalized spacial score (nSPS) is 15.8. The van der Waals surface area contributed by atoms with E-state index in [1.54, 1.807) is 16.8 Å². The second kappa shape index (κ2) is 9.88. The first kappa shape index (κ1) is 23.1. The Balaban J connectivity index is 1.43. The van der Waals surface area contributed by atoms with E-state index < -0.39 is 0 Å². The number of fused-ring (bicyclic) bond motifs is 1. The number of anilines is 2. The predicted molar refractivity (Wildman–Crippen MR) is 139 cm³/mol. The summed E-state index contributed by atoms with van der Waals surface area (Å²) in [6.45, 7) is 3.41. The van der Waals surface area contributed by atoms with Crippen LogP contribution < -0.4 is 15.8 Å². The fraction of sp³-hybridized carbons (Fsp3) is 0.259. The van der Waals surface area contributed by atoms with Crippen LogP contribution in [0, 0.1) is 12.8 Å². The number of nitrogens with one attached hydrogen (secondary N) is 1. The maximum atomic E-state index is 13.6. The third kappa shape index (κ3) is 4.91. The molecule has 0 spiro atoms. The first-order chi connectivity index (χ1) is 17.0. The molecular weight excluding hydrogens is 462 g/mol. The van der Waals surface area contributed by atoms with Crippen molar-refractivity contribution in [3.8, 4) is 0 Å². The zero-order chi connectivity index (χ0) is 24.4. The summed E-state index contributed by atoms with van der Waals surface area (Å²) in [5, 5.41) is 3.59. The minimum Gasteiger partial charge on any atom is -0.351 e. The number of aromatic nitrogens is 3. The highest BCUT2D eigenvalue weighted by molar-refractivity contribution is 6.31. The number of rotatable bonds is 5. The minimum absolute atomic E-state index is 0.0818. The number of nitrogens with zero attached hydrogens (tertiary/aromatic N) is 4. The van der Waals surface area contributed by atoms with Gasteiger partial charge in [0.15, 0.2) is 11.5 Å². The molecule has 1 saturated heterocycles. The van der Waals surface area contributed by atoms with Crippen LogP contribution in [0.5, 0.6) is 0 Å². The van der Waals surface area contributed by atoms with Gasteiger partial charge in [-0.25, -0.2) is 9.97 Å². The molecule has 0 radical (unpaired) electrons. The van der Waals surface area contributed by atoms with E-state index in [1.807, 2.05) is 66.4 Å². The van der Waals surface area contributed by atoms with Gasteiger partial charge in [0.1, 0.15) is 5.52 Å².